The van der Waals surface area contributed by atoms with Gasteiger partial charge in [-0.15, -0.1) is 0 Å². The molecule has 0 heterocycles. The Morgan fingerprint density at radius 1 is 1.47 bits per heavy atom. The molecule has 0 aliphatic rings. The number of rotatable bonds is 6. The van der Waals surface area contributed by atoms with E-state index in [1.807, 2.05) is 0 Å². The van der Waals surface area contributed by atoms with Crippen molar-refractivity contribution < 1.29 is 23.4 Å². The van der Waals surface area contributed by atoms with Gasteiger partial charge in [0.1, 0.15) is 0 Å². The van der Waals surface area contributed by atoms with E-state index in [-0.39, 0.29) is 35.2 Å². The molecule has 0 bridgehead atoms. The lowest BCUT2D eigenvalue weighted by Gasteiger charge is -2.12. The molecule has 0 aliphatic heterocycles. The molecule has 0 saturated heterocycles. The fraction of sp³-hybridized carbons (Fsp3) is 0.364. The molecule has 1 rings (SSSR count). The molecule has 19 heavy (non-hydrogen) atoms. The van der Waals surface area contributed by atoms with Gasteiger partial charge in [0.25, 0.3) is 0 Å². The Labute approximate surface area is 111 Å². The van der Waals surface area contributed by atoms with Crippen molar-refractivity contribution in [3.05, 3.63) is 23.8 Å². The lowest BCUT2D eigenvalue weighted by molar-refractivity contribution is 0.0692. The van der Waals surface area contributed by atoms with Crippen LogP contribution in [-0.2, 0) is 10.0 Å². The van der Waals surface area contributed by atoms with Crippen LogP contribution in [-0.4, -0.2) is 37.8 Å². The molecular formula is C11H16N2O5S. The number of nitrogen functional groups attached to an aromatic ring is 1. The van der Waals surface area contributed by atoms with Crippen molar-refractivity contribution in [2.75, 3.05) is 18.9 Å². The Morgan fingerprint density at radius 3 is 2.63 bits per heavy atom. The van der Waals surface area contributed by atoms with Crippen molar-refractivity contribution in [1.29, 1.82) is 0 Å². The van der Waals surface area contributed by atoms with Gasteiger partial charge in [-0.25, -0.2) is 17.9 Å². The molecule has 7 nitrogen and oxygen atoms in total. The van der Waals surface area contributed by atoms with Gasteiger partial charge in [-0.05, 0) is 24.1 Å². The smallest absolute Gasteiger partial charge is 0.337 e. The molecule has 8 heteroatoms. The summed E-state index contributed by atoms with van der Waals surface area (Å²) in [6.07, 6.45) is 0. The van der Waals surface area contributed by atoms with Gasteiger partial charge in [0, 0.05) is 18.8 Å². The van der Waals surface area contributed by atoms with Gasteiger partial charge in [0.15, 0.2) is 0 Å². The number of sulfonamides is 1. The lowest BCUT2D eigenvalue weighted by Crippen LogP contribution is -2.30. The number of hydrogen-bond donors (Lipinski definition) is 4. The highest BCUT2D eigenvalue weighted by Crippen LogP contribution is 2.19. The number of carboxylic acids is 1. The van der Waals surface area contributed by atoms with E-state index in [0.717, 1.165) is 12.1 Å². The number of hydrogen-bond acceptors (Lipinski definition) is 5. The predicted molar refractivity (Wildman–Crippen MR) is 69.3 cm³/mol. The minimum Gasteiger partial charge on any atom is -0.478 e. The van der Waals surface area contributed by atoms with Crippen LogP contribution in [0.4, 0.5) is 5.69 Å². The first-order valence-electron chi connectivity index (χ1n) is 5.51. The van der Waals surface area contributed by atoms with Crippen molar-refractivity contribution in [1.82, 2.24) is 4.72 Å². The third-order valence-electron chi connectivity index (χ3n) is 2.46. The zero-order valence-corrected chi connectivity index (χ0v) is 11.1. The summed E-state index contributed by atoms with van der Waals surface area (Å²) >= 11 is 0. The Bertz CT molecular complexity index is 570. The number of benzene rings is 1. The molecule has 0 saturated carbocycles. The topological polar surface area (TPSA) is 130 Å². The lowest BCUT2D eigenvalue weighted by atomic mass is 10.2. The maximum absolute atomic E-state index is 12.0. The van der Waals surface area contributed by atoms with Crippen LogP contribution in [0.15, 0.2) is 23.1 Å². The normalized spacial score (nSPS) is 13.2. The number of nitrogens with two attached hydrogens (primary N) is 1. The second-order valence-corrected chi connectivity index (χ2v) is 5.94. The van der Waals surface area contributed by atoms with Gasteiger partial charge in [0.05, 0.1) is 10.5 Å². The quantitative estimate of drug-likeness (QED) is 0.540. The van der Waals surface area contributed by atoms with Crippen LogP contribution in [0.25, 0.3) is 0 Å². The molecule has 1 aromatic rings. The molecule has 0 radical (unpaired) electrons. The summed E-state index contributed by atoms with van der Waals surface area (Å²) in [7, 11) is -3.96. The molecule has 1 unspecified atom stereocenters. The average molecular weight is 288 g/mol. The van der Waals surface area contributed by atoms with E-state index in [4.69, 9.17) is 15.9 Å². The van der Waals surface area contributed by atoms with E-state index in [1.165, 1.54) is 6.07 Å². The van der Waals surface area contributed by atoms with Gasteiger partial charge in [0.2, 0.25) is 10.0 Å². The van der Waals surface area contributed by atoms with E-state index >= 15 is 0 Å². The molecule has 1 atom stereocenters. The number of nitrogens with one attached hydrogen (secondary N) is 1. The zero-order valence-electron chi connectivity index (χ0n) is 10.3. The standard InChI is InChI=1S/C11H16N2O5S/c1-7(6-14)5-13-19(17,18)10-3-2-8(12)4-9(10)11(15)16/h2-4,7,13-14H,5-6,12H2,1H3,(H,15,16). The molecule has 0 amide bonds. The van der Waals surface area contributed by atoms with E-state index in [0.29, 0.717) is 0 Å². The zero-order chi connectivity index (χ0) is 14.6. The monoisotopic (exact) mass is 288 g/mol. The molecule has 0 aromatic heterocycles. The van der Waals surface area contributed by atoms with Crippen molar-refractivity contribution in [2.24, 2.45) is 5.92 Å². The van der Waals surface area contributed by atoms with E-state index in [9.17, 15) is 13.2 Å². The Kier molecular flexibility index (Phi) is 4.87. The highest BCUT2D eigenvalue weighted by Gasteiger charge is 2.22. The van der Waals surface area contributed by atoms with Gasteiger partial charge < -0.3 is 15.9 Å². The summed E-state index contributed by atoms with van der Waals surface area (Å²) < 4.78 is 26.2. The molecule has 106 valence electrons. The highest BCUT2D eigenvalue weighted by molar-refractivity contribution is 7.89. The molecule has 0 spiro atoms. The Hall–Kier alpha value is -1.64. The van der Waals surface area contributed by atoms with Crippen LogP contribution in [0, 0.1) is 5.92 Å². The largest absolute Gasteiger partial charge is 0.478 e. The molecule has 1 aromatic carbocycles. The maximum atomic E-state index is 12.0. The van der Waals surface area contributed by atoms with Gasteiger partial charge in [-0.3, -0.25) is 0 Å². The van der Waals surface area contributed by atoms with Crippen molar-refractivity contribution in [3.8, 4) is 0 Å². The summed E-state index contributed by atoms with van der Waals surface area (Å²) in [6.45, 7) is 1.50. The summed E-state index contributed by atoms with van der Waals surface area (Å²) in [4.78, 5) is 10.7. The van der Waals surface area contributed by atoms with E-state index in [1.54, 1.807) is 6.92 Å². The van der Waals surface area contributed by atoms with Crippen LogP contribution in [0.5, 0.6) is 0 Å². The number of aromatic carboxylic acids is 1. The first kappa shape index (κ1) is 15.4. The molecule has 0 fully saturated rings. The predicted octanol–water partition coefficient (Wildman–Crippen LogP) is -0.126. The third kappa shape index (κ3) is 3.91. The van der Waals surface area contributed by atoms with E-state index in [2.05, 4.69) is 4.72 Å². The first-order valence-corrected chi connectivity index (χ1v) is 6.99. The Morgan fingerprint density at radius 2 is 2.11 bits per heavy atom. The third-order valence-corrected chi connectivity index (χ3v) is 3.94. The first-order chi connectivity index (χ1) is 8.77. The number of carboxylic acid groups (broad SMARTS) is 1. The minimum absolute atomic E-state index is 0.0161. The van der Waals surface area contributed by atoms with Gasteiger partial charge in [-0.1, -0.05) is 6.92 Å². The fourth-order valence-electron chi connectivity index (χ4n) is 1.34. The highest BCUT2D eigenvalue weighted by atomic mass is 32.2. The number of anilines is 1. The molecule has 0 aliphatic carbocycles. The fourth-order valence-corrected chi connectivity index (χ4v) is 2.69. The maximum Gasteiger partial charge on any atom is 0.337 e. The second-order valence-electron chi connectivity index (χ2n) is 4.20. The SMILES string of the molecule is CC(CO)CNS(=O)(=O)c1ccc(N)cc1C(=O)O. The minimum atomic E-state index is -3.96. The van der Waals surface area contributed by atoms with Crippen LogP contribution in [0.1, 0.15) is 17.3 Å². The van der Waals surface area contributed by atoms with Gasteiger partial charge in [-0.2, -0.15) is 0 Å². The van der Waals surface area contributed by atoms with Crippen LogP contribution in [0.2, 0.25) is 0 Å². The van der Waals surface area contributed by atoms with Crippen LogP contribution in [0.3, 0.4) is 0 Å². The Balaban J connectivity index is 3.11. The molecular weight excluding hydrogens is 272 g/mol. The number of carbonyl (C=O) groups is 1. The summed E-state index contributed by atoms with van der Waals surface area (Å²) in [5.41, 5.74) is 5.22. The number of aliphatic hydroxyl groups excluding tert-OH is 1. The second kappa shape index (κ2) is 6.00. The summed E-state index contributed by atoms with van der Waals surface area (Å²) in [6, 6.07) is 3.55. The van der Waals surface area contributed by atoms with Gasteiger partial charge >= 0.3 is 5.97 Å². The van der Waals surface area contributed by atoms with E-state index < -0.39 is 16.0 Å². The molecule has 5 N–H and O–H groups in total. The average Bonchev–Trinajstić information content (AvgIpc) is 2.35. The summed E-state index contributed by atoms with van der Waals surface area (Å²) in [5.74, 6) is -1.64. The van der Waals surface area contributed by atoms with Crippen LogP contribution >= 0.6 is 0 Å². The van der Waals surface area contributed by atoms with Crippen molar-refractivity contribution in [2.45, 2.75) is 11.8 Å². The van der Waals surface area contributed by atoms with Crippen molar-refractivity contribution in [3.63, 3.8) is 0 Å². The summed E-state index contributed by atoms with van der Waals surface area (Å²) in [5, 5.41) is 17.8. The number of aliphatic hydroxyl groups is 1. The van der Waals surface area contributed by atoms with Crippen molar-refractivity contribution >= 4 is 21.7 Å². The van der Waals surface area contributed by atoms with Crippen LogP contribution < -0.4 is 10.5 Å².